The molecule has 0 atom stereocenters. The van der Waals surface area contributed by atoms with Crippen LogP contribution in [0.5, 0.6) is 0 Å². The van der Waals surface area contributed by atoms with E-state index < -0.39 is 5.60 Å². The summed E-state index contributed by atoms with van der Waals surface area (Å²) in [6, 6.07) is 10.4. The fourth-order valence-corrected chi connectivity index (χ4v) is 3.01. The maximum Gasteiger partial charge on any atom is 0.326 e. The van der Waals surface area contributed by atoms with Crippen molar-refractivity contribution in [1.29, 1.82) is 0 Å². The average Bonchev–Trinajstić information content (AvgIpc) is 3.04. The number of hydrogen-bond donors (Lipinski definition) is 2. The third-order valence-electron chi connectivity index (χ3n) is 4.15. The molecule has 2 aromatic heterocycles. The molecule has 1 aromatic carbocycles. The SMILES string of the molecule is CC(C)(C)OC(=O)Cn1ccc2c(NC(=O)COCc3cc[nH]c(=O)c3)cccc21. The molecule has 8 heteroatoms. The molecule has 0 saturated heterocycles. The molecule has 0 radical (unpaired) electrons. The smallest absolute Gasteiger partial charge is 0.326 e. The number of H-pyrrole nitrogens is 1. The average molecular weight is 411 g/mol. The van der Waals surface area contributed by atoms with Crippen LogP contribution in [-0.2, 0) is 32.2 Å². The highest BCUT2D eigenvalue weighted by molar-refractivity contribution is 6.02. The molecule has 3 rings (SSSR count). The number of carbonyl (C=O) groups is 2. The number of nitrogens with zero attached hydrogens (tertiary/aromatic N) is 1. The number of rotatable bonds is 7. The van der Waals surface area contributed by atoms with E-state index in [4.69, 9.17) is 9.47 Å². The Labute approximate surface area is 173 Å². The molecule has 0 aliphatic rings. The number of fused-ring (bicyclic) bond motifs is 1. The zero-order valence-electron chi connectivity index (χ0n) is 17.2. The van der Waals surface area contributed by atoms with Gasteiger partial charge in [-0.15, -0.1) is 0 Å². The zero-order valence-corrected chi connectivity index (χ0v) is 17.2. The van der Waals surface area contributed by atoms with Gasteiger partial charge >= 0.3 is 5.97 Å². The summed E-state index contributed by atoms with van der Waals surface area (Å²) >= 11 is 0. The van der Waals surface area contributed by atoms with Crippen LogP contribution in [0.3, 0.4) is 0 Å². The summed E-state index contributed by atoms with van der Waals surface area (Å²) < 4.78 is 12.5. The molecule has 2 N–H and O–H groups in total. The third-order valence-corrected chi connectivity index (χ3v) is 4.15. The van der Waals surface area contributed by atoms with Gasteiger partial charge in [0.2, 0.25) is 11.5 Å². The summed E-state index contributed by atoms with van der Waals surface area (Å²) in [7, 11) is 0. The van der Waals surface area contributed by atoms with Crippen molar-refractivity contribution in [2.24, 2.45) is 0 Å². The van der Waals surface area contributed by atoms with Crippen molar-refractivity contribution in [3.8, 4) is 0 Å². The van der Waals surface area contributed by atoms with Gasteiger partial charge in [-0.3, -0.25) is 14.4 Å². The van der Waals surface area contributed by atoms with E-state index in [1.54, 1.807) is 29.0 Å². The number of amides is 1. The molecule has 0 aliphatic carbocycles. The Kier molecular flexibility index (Phi) is 6.37. The van der Waals surface area contributed by atoms with Crippen molar-refractivity contribution >= 4 is 28.5 Å². The normalized spacial score (nSPS) is 11.4. The van der Waals surface area contributed by atoms with E-state index in [1.165, 1.54) is 12.3 Å². The predicted octanol–water partition coefficient (Wildman–Crippen LogP) is 2.83. The topological polar surface area (TPSA) is 102 Å². The van der Waals surface area contributed by atoms with Crippen LogP contribution in [0.4, 0.5) is 5.69 Å². The number of anilines is 1. The maximum atomic E-state index is 12.3. The van der Waals surface area contributed by atoms with Crippen LogP contribution in [0.1, 0.15) is 26.3 Å². The largest absolute Gasteiger partial charge is 0.459 e. The first-order chi connectivity index (χ1) is 14.2. The van der Waals surface area contributed by atoms with Gasteiger partial charge in [-0.2, -0.15) is 0 Å². The molecule has 158 valence electrons. The first kappa shape index (κ1) is 21.3. The highest BCUT2D eigenvalue weighted by atomic mass is 16.6. The molecule has 30 heavy (non-hydrogen) atoms. The van der Waals surface area contributed by atoms with E-state index in [-0.39, 0.29) is 37.2 Å². The molecule has 2 heterocycles. The molecule has 0 saturated carbocycles. The fraction of sp³-hybridized carbons (Fsp3) is 0.318. The Morgan fingerprint density at radius 1 is 1.17 bits per heavy atom. The van der Waals surface area contributed by atoms with E-state index in [2.05, 4.69) is 10.3 Å². The molecule has 0 fully saturated rings. The Bertz CT molecular complexity index is 1110. The van der Waals surface area contributed by atoms with Crippen molar-refractivity contribution in [2.75, 3.05) is 11.9 Å². The minimum Gasteiger partial charge on any atom is -0.459 e. The van der Waals surface area contributed by atoms with Gasteiger partial charge in [0, 0.05) is 23.8 Å². The molecule has 1 amide bonds. The lowest BCUT2D eigenvalue weighted by molar-refractivity contribution is -0.155. The fourth-order valence-electron chi connectivity index (χ4n) is 3.01. The number of benzene rings is 1. The number of pyridine rings is 1. The highest BCUT2D eigenvalue weighted by Crippen LogP contribution is 2.25. The lowest BCUT2D eigenvalue weighted by atomic mass is 10.2. The van der Waals surface area contributed by atoms with Crippen molar-refractivity contribution in [3.05, 3.63) is 64.7 Å². The predicted molar refractivity (Wildman–Crippen MR) is 113 cm³/mol. The van der Waals surface area contributed by atoms with E-state index in [9.17, 15) is 14.4 Å². The van der Waals surface area contributed by atoms with Crippen LogP contribution in [0, 0.1) is 0 Å². The van der Waals surface area contributed by atoms with Crippen LogP contribution < -0.4 is 10.9 Å². The number of nitrogens with one attached hydrogen (secondary N) is 2. The van der Waals surface area contributed by atoms with Crippen LogP contribution in [0.25, 0.3) is 10.9 Å². The van der Waals surface area contributed by atoms with Gasteiger partial charge in [0.1, 0.15) is 18.8 Å². The Hall–Kier alpha value is -3.39. The maximum absolute atomic E-state index is 12.3. The number of ether oxygens (including phenoxy) is 2. The molecule has 8 nitrogen and oxygen atoms in total. The van der Waals surface area contributed by atoms with Crippen LogP contribution in [0.2, 0.25) is 0 Å². The van der Waals surface area contributed by atoms with E-state index >= 15 is 0 Å². The lowest BCUT2D eigenvalue weighted by Gasteiger charge is -2.19. The van der Waals surface area contributed by atoms with Crippen molar-refractivity contribution in [3.63, 3.8) is 0 Å². The number of esters is 1. The highest BCUT2D eigenvalue weighted by Gasteiger charge is 2.17. The monoisotopic (exact) mass is 411 g/mol. The summed E-state index contributed by atoms with van der Waals surface area (Å²) in [6.07, 6.45) is 3.32. The number of aromatic nitrogens is 2. The second-order valence-electron chi connectivity index (χ2n) is 7.87. The van der Waals surface area contributed by atoms with Crippen LogP contribution in [0.15, 0.2) is 53.6 Å². The standard InChI is InChI=1S/C22H25N3O5/c1-22(2,3)30-21(28)12-25-10-8-16-17(5-4-6-18(16)25)24-20(27)14-29-13-15-7-9-23-19(26)11-15/h4-11H,12-14H2,1-3H3,(H,23,26)(H,24,27). The van der Waals surface area contributed by atoms with Gasteiger partial charge in [-0.1, -0.05) is 6.07 Å². The first-order valence-electron chi connectivity index (χ1n) is 9.56. The lowest BCUT2D eigenvalue weighted by Crippen LogP contribution is -2.26. The van der Waals surface area contributed by atoms with Crippen LogP contribution >= 0.6 is 0 Å². The van der Waals surface area contributed by atoms with E-state index in [0.717, 1.165) is 10.9 Å². The molecule has 0 bridgehead atoms. The van der Waals surface area contributed by atoms with E-state index in [1.807, 2.05) is 32.9 Å². The first-order valence-corrected chi connectivity index (χ1v) is 9.56. The van der Waals surface area contributed by atoms with Crippen LogP contribution in [-0.4, -0.2) is 33.6 Å². The molecule has 3 aromatic rings. The summed E-state index contributed by atoms with van der Waals surface area (Å²) in [6.45, 7) is 5.56. The summed E-state index contributed by atoms with van der Waals surface area (Å²) in [4.78, 5) is 38.2. The van der Waals surface area contributed by atoms with Gasteiger partial charge in [-0.25, -0.2) is 0 Å². The Morgan fingerprint density at radius 2 is 1.97 bits per heavy atom. The van der Waals surface area contributed by atoms with Gasteiger partial charge in [0.15, 0.2) is 0 Å². The van der Waals surface area contributed by atoms with Crippen molar-refractivity contribution in [1.82, 2.24) is 9.55 Å². The second kappa shape index (κ2) is 8.96. The molecule has 0 spiro atoms. The van der Waals surface area contributed by atoms with Gasteiger partial charge in [0.25, 0.3) is 0 Å². The zero-order chi connectivity index (χ0) is 21.7. The Balaban J connectivity index is 1.62. The summed E-state index contributed by atoms with van der Waals surface area (Å²) in [5.74, 6) is -0.644. The minimum absolute atomic E-state index is 0.0808. The van der Waals surface area contributed by atoms with E-state index in [0.29, 0.717) is 11.3 Å². The van der Waals surface area contributed by atoms with Crippen molar-refractivity contribution < 1.29 is 19.1 Å². The van der Waals surface area contributed by atoms with Gasteiger partial charge in [-0.05, 0) is 50.6 Å². The quantitative estimate of drug-likeness (QED) is 0.582. The molecular weight excluding hydrogens is 386 g/mol. The minimum atomic E-state index is -0.549. The third kappa shape index (κ3) is 5.81. The van der Waals surface area contributed by atoms with Gasteiger partial charge in [0.05, 0.1) is 17.8 Å². The Morgan fingerprint density at radius 3 is 2.70 bits per heavy atom. The van der Waals surface area contributed by atoms with Crippen molar-refractivity contribution in [2.45, 2.75) is 39.5 Å². The molecule has 0 aliphatic heterocycles. The second-order valence-corrected chi connectivity index (χ2v) is 7.87. The number of hydrogen-bond acceptors (Lipinski definition) is 5. The van der Waals surface area contributed by atoms with Gasteiger partial charge < -0.3 is 24.3 Å². The molecule has 0 unspecified atom stereocenters. The summed E-state index contributed by atoms with van der Waals surface area (Å²) in [5.41, 5.74) is 1.35. The number of carbonyl (C=O) groups excluding carboxylic acids is 2. The number of aromatic amines is 1. The molecular formula is C22H25N3O5. The summed E-state index contributed by atoms with van der Waals surface area (Å²) in [5, 5.41) is 3.64.